The first kappa shape index (κ1) is 7.70. The normalized spacial score (nSPS) is 13.2. The molecule has 14 heavy (non-hydrogen) atoms. The minimum Gasteiger partial charge on any atom is -0.300 e. The lowest BCUT2D eigenvalue weighted by Gasteiger charge is -2.02. The SMILES string of the molecule is CCn1c#cc2cc3c(cc21)CC=C3. The van der Waals surface area contributed by atoms with Crippen LogP contribution in [0.5, 0.6) is 0 Å². The predicted molar refractivity (Wildman–Crippen MR) is 58.0 cm³/mol. The molecule has 1 heteroatoms. The van der Waals surface area contributed by atoms with Crippen LogP contribution in [-0.2, 0) is 13.0 Å². The van der Waals surface area contributed by atoms with Gasteiger partial charge in [0.15, 0.2) is 0 Å². The first-order valence-corrected chi connectivity index (χ1v) is 5.01. The highest BCUT2D eigenvalue weighted by molar-refractivity contribution is 5.83. The number of benzene rings is 1. The van der Waals surface area contributed by atoms with Crippen molar-refractivity contribution in [1.29, 1.82) is 0 Å². The molecule has 0 saturated carbocycles. The van der Waals surface area contributed by atoms with Gasteiger partial charge in [-0.25, -0.2) is 0 Å². The van der Waals surface area contributed by atoms with Crippen molar-refractivity contribution in [2.45, 2.75) is 19.9 Å². The topological polar surface area (TPSA) is 4.93 Å². The third kappa shape index (κ3) is 0.914. The smallest absolute Gasteiger partial charge is 0.0649 e. The Morgan fingerprint density at radius 2 is 2.36 bits per heavy atom. The zero-order valence-electron chi connectivity index (χ0n) is 8.17. The molecule has 1 aromatic heterocycles. The lowest BCUT2D eigenvalue weighted by atomic mass is 10.1. The molecule has 68 valence electrons. The number of hydrogen-bond acceptors (Lipinski definition) is 0. The van der Waals surface area contributed by atoms with Crippen LogP contribution >= 0.6 is 0 Å². The molecule has 0 N–H and O–H groups in total. The van der Waals surface area contributed by atoms with Crippen LogP contribution in [0.4, 0.5) is 0 Å². The van der Waals surface area contributed by atoms with E-state index in [2.05, 4.69) is 48.0 Å². The van der Waals surface area contributed by atoms with E-state index in [1.807, 2.05) is 0 Å². The Balaban J connectivity index is 2.33. The van der Waals surface area contributed by atoms with Gasteiger partial charge in [-0.1, -0.05) is 12.2 Å². The van der Waals surface area contributed by atoms with Crippen LogP contribution in [0, 0.1) is 12.3 Å². The summed E-state index contributed by atoms with van der Waals surface area (Å²) in [5.41, 5.74) is 4.03. The number of aromatic nitrogens is 1. The van der Waals surface area contributed by atoms with Gasteiger partial charge in [-0.05, 0) is 42.7 Å². The maximum absolute atomic E-state index is 3.17. The molecule has 3 rings (SSSR count). The van der Waals surface area contributed by atoms with E-state index in [1.54, 1.807) is 0 Å². The fraction of sp³-hybridized carbons (Fsp3) is 0.231. The van der Waals surface area contributed by atoms with E-state index in [9.17, 15) is 0 Å². The molecule has 0 aliphatic heterocycles. The minimum absolute atomic E-state index is 0.964. The summed E-state index contributed by atoms with van der Waals surface area (Å²) in [7, 11) is 0. The second-order valence-electron chi connectivity index (χ2n) is 3.66. The summed E-state index contributed by atoms with van der Waals surface area (Å²) < 4.78 is 2.12. The monoisotopic (exact) mass is 181 g/mol. The fourth-order valence-corrected chi connectivity index (χ4v) is 2.05. The van der Waals surface area contributed by atoms with Gasteiger partial charge in [-0.15, -0.1) is 0 Å². The molecule has 1 nitrogen and oxygen atoms in total. The quantitative estimate of drug-likeness (QED) is 0.637. The van der Waals surface area contributed by atoms with E-state index in [1.165, 1.54) is 22.0 Å². The van der Waals surface area contributed by atoms with Crippen molar-refractivity contribution in [2.24, 2.45) is 0 Å². The van der Waals surface area contributed by atoms with Gasteiger partial charge in [-0.2, -0.15) is 0 Å². The number of rotatable bonds is 1. The first-order chi connectivity index (χ1) is 6.88. The minimum atomic E-state index is 0.964. The van der Waals surface area contributed by atoms with Crippen LogP contribution in [0.2, 0.25) is 0 Å². The summed E-state index contributed by atoms with van der Waals surface area (Å²) in [6, 6.07) is 7.64. The van der Waals surface area contributed by atoms with Crippen molar-refractivity contribution < 1.29 is 0 Å². The van der Waals surface area contributed by atoms with Gasteiger partial charge in [0.1, 0.15) is 0 Å². The van der Waals surface area contributed by atoms with Gasteiger partial charge < -0.3 is 4.57 Å². The molecule has 2 aromatic rings. The summed E-state index contributed by atoms with van der Waals surface area (Å²) in [5.74, 6) is 0. The first-order valence-electron chi connectivity index (χ1n) is 5.01. The third-order valence-corrected chi connectivity index (χ3v) is 2.83. The van der Waals surface area contributed by atoms with Crippen molar-refractivity contribution in [1.82, 2.24) is 4.57 Å². The van der Waals surface area contributed by atoms with Crippen molar-refractivity contribution in [3.63, 3.8) is 0 Å². The fourth-order valence-electron chi connectivity index (χ4n) is 2.05. The van der Waals surface area contributed by atoms with Crippen LogP contribution < -0.4 is 0 Å². The molecule has 0 fully saturated rings. The second kappa shape index (κ2) is 2.65. The van der Waals surface area contributed by atoms with Crippen LogP contribution in [-0.4, -0.2) is 4.57 Å². The van der Waals surface area contributed by atoms with Crippen molar-refractivity contribution >= 4 is 17.0 Å². The van der Waals surface area contributed by atoms with Gasteiger partial charge in [0.25, 0.3) is 0 Å². The maximum Gasteiger partial charge on any atom is 0.0649 e. The molecule has 0 atom stereocenters. The average molecular weight is 181 g/mol. The molecular formula is C13H11N. The molecule has 1 heterocycles. The number of aryl methyl sites for hydroxylation is 1. The van der Waals surface area contributed by atoms with Crippen LogP contribution in [0.25, 0.3) is 17.0 Å². The van der Waals surface area contributed by atoms with E-state index in [0.717, 1.165) is 13.0 Å². The summed E-state index contributed by atoms with van der Waals surface area (Å²) in [6.07, 6.45) is 8.60. The predicted octanol–water partition coefficient (Wildman–Crippen LogP) is 2.83. The highest BCUT2D eigenvalue weighted by atomic mass is 14.9. The van der Waals surface area contributed by atoms with Crippen molar-refractivity contribution in [3.8, 4) is 0 Å². The molecule has 1 aliphatic carbocycles. The molecule has 1 aliphatic rings. The zero-order valence-corrected chi connectivity index (χ0v) is 8.17. The van der Waals surface area contributed by atoms with Crippen LogP contribution in [0.15, 0.2) is 18.2 Å². The summed E-state index contributed by atoms with van der Waals surface area (Å²) in [6.45, 7) is 3.10. The second-order valence-corrected chi connectivity index (χ2v) is 3.66. The number of allylic oxidation sites excluding steroid dienone is 1. The Kier molecular flexibility index (Phi) is 1.46. The van der Waals surface area contributed by atoms with E-state index in [4.69, 9.17) is 0 Å². The molecule has 0 radical (unpaired) electrons. The largest absolute Gasteiger partial charge is 0.300 e. The van der Waals surface area contributed by atoms with Gasteiger partial charge >= 0.3 is 0 Å². The Hall–Kier alpha value is -1.68. The Morgan fingerprint density at radius 3 is 3.21 bits per heavy atom. The average Bonchev–Trinajstić information content (AvgIpc) is 2.78. The molecule has 0 saturated heterocycles. The molecular weight excluding hydrogens is 170 g/mol. The van der Waals surface area contributed by atoms with Gasteiger partial charge in [0.2, 0.25) is 0 Å². The van der Waals surface area contributed by atoms with Crippen LogP contribution in [0.3, 0.4) is 0 Å². The van der Waals surface area contributed by atoms with Crippen LogP contribution in [0.1, 0.15) is 18.1 Å². The summed E-state index contributed by atoms with van der Waals surface area (Å²) in [4.78, 5) is 0. The van der Waals surface area contributed by atoms with E-state index in [0.29, 0.717) is 0 Å². The van der Waals surface area contributed by atoms with E-state index in [-0.39, 0.29) is 0 Å². The van der Waals surface area contributed by atoms with Gasteiger partial charge in [0.05, 0.1) is 10.9 Å². The number of hydrogen-bond donors (Lipinski definition) is 0. The Bertz CT molecular complexity index is 517. The molecule has 1 aromatic carbocycles. The van der Waals surface area contributed by atoms with E-state index >= 15 is 0 Å². The van der Waals surface area contributed by atoms with Gasteiger partial charge in [-0.3, -0.25) is 0 Å². The standard InChI is InChI=1S/C13H11N/c1-2-14-7-6-12-8-10-4-3-5-11(10)9-13(12)14/h3-4,8-9H,2,5H2,1H3. The van der Waals surface area contributed by atoms with Gasteiger partial charge in [0, 0.05) is 12.7 Å². The molecule has 0 bridgehead atoms. The lowest BCUT2D eigenvalue weighted by Crippen LogP contribution is -1.92. The number of nitrogens with zero attached hydrogens (tertiary/aromatic N) is 1. The molecule has 0 spiro atoms. The van der Waals surface area contributed by atoms with Crippen molar-refractivity contribution in [2.75, 3.05) is 0 Å². The maximum atomic E-state index is 3.17. The third-order valence-electron chi connectivity index (χ3n) is 2.83. The van der Waals surface area contributed by atoms with Crippen molar-refractivity contribution in [3.05, 3.63) is 41.6 Å². The summed E-state index contributed by atoms with van der Waals surface area (Å²) in [5, 5.41) is 1.18. The molecule has 0 amide bonds. The Morgan fingerprint density at radius 1 is 1.43 bits per heavy atom. The highest BCUT2D eigenvalue weighted by Gasteiger charge is 2.08. The zero-order chi connectivity index (χ0) is 9.54. The Labute approximate surface area is 83.7 Å². The van der Waals surface area contributed by atoms with E-state index < -0.39 is 0 Å². The highest BCUT2D eigenvalue weighted by Crippen LogP contribution is 2.24. The molecule has 0 unspecified atom stereocenters. The number of fused-ring (bicyclic) bond motifs is 2. The lowest BCUT2D eigenvalue weighted by molar-refractivity contribution is 0.797. The summed E-state index contributed by atoms with van der Waals surface area (Å²) >= 11 is 0.